The van der Waals surface area contributed by atoms with Gasteiger partial charge in [0.2, 0.25) is 0 Å². The largest absolute Gasteiger partial charge is 0.385 e. The minimum Gasteiger partial charge on any atom is -0.385 e. The van der Waals surface area contributed by atoms with Crippen LogP contribution in [-0.4, -0.2) is 5.11 Å². The summed E-state index contributed by atoms with van der Waals surface area (Å²) in [4.78, 5) is 0. The maximum Gasteiger partial charge on any atom is 0.0963 e. The fourth-order valence-corrected chi connectivity index (χ4v) is 7.44. The summed E-state index contributed by atoms with van der Waals surface area (Å²) in [5.74, 6) is 6.91. The highest BCUT2D eigenvalue weighted by atomic mass is 16.3. The summed E-state index contributed by atoms with van der Waals surface area (Å²) >= 11 is 0. The Labute approximate surface area is 107 Å². The van der Waals surface area contributed by atoms with Gasteiger partial charge in [0.05, 0.1) is 5.60 Å². The zero-order valence-corrected chi connectivity index (χ0v) is 10.6. The van der Waals surface area contributed by atoms with Gasteiger partial charge in [-0.05, 0) is 66.3 Å². The van der Waals surface area contributed by atoms with Crippen LogP contribution >= 0.6 is 0 Å². The summed E-state index contributed by atoms with van der Waals surface area (Å²) < 4.78 is 0. The molecule has 0 aliphatic heterocycles. The summed E-state index contributed by atoms with van der Waals surface area (Å²) in [7, 11) is 0. The van der Waals surface area contributed by atoms with Gasteiger partial charge in [-0.1, -0.05) is 29.8 Å². The third-order valence-electron chi connectivity index (χ3n) is 7.60. The van der Waals surface area contributed by atoms with Crippen molar-refractivity contribution < 1.29 is 5.11 Å². The molecule has 0 heterocycles. The molecule has 6 aliphatic rings. The summed E-state index contributed by atoms with van der Waals surface area (Å²) in [6.07, 6.45) is 1.52. The normalized spacial score (nSPS) is 64.1. The molecule has 1 aromatic carbocycles. The van der Waals surface area contributed by atoms with Gasteiger partial charge in [-0.3, -0.25) is 0 Å². The lowest BCUT2D eigenvalue weighted by molar-refractivity contribution is -0.127. The Kier molecular flexibility index (Phi) is 1.17. The average molecular weight is 238 g/mol. The molecule has 0 amide bonds. The van der Waals surface area contributed by atoms with Crippen molar-refractivity contribution >= 4 is 0 Å². The van der Waals surface area contributed by atoms with Crippen LogP contribution in [-0.2, 0) is 5.60 Å². The molecular formula is C17H18O. The molecule has 92 valence electrons. The maximum absolute atomic E-state index is 11.4. The number of rotatable bonds is 1. The molecule has 0 aromatic heterocycles. The van der Waals surface area contributed by atoms with Crippen molar-refractivity contribution in [2.24, 2.45) is 47.3 Å². The Morgan fingerprint density at radius 2 is 1.44 bits per heavy atom. The molecule has 6 fully saturated rings. The van der Waals surface area contributed by atoms with Crippen molar-refractivity contribution in [3.63, 3.8) is 0 Å². The molecule has 0 saturated heterocycles. The second-order valence-corrected chi connectivity index (χ2v) is 7.62. The zero-order chi connectivity index (χ0) is 11.8. The lowest BCUT2D eigenvalue weighted by atomic mass is 9.45. The molecule has 7 rings (SSSR count). The third kappa shape index (κ3) is 0.602. The number of benzene rings is 1. The molecule has 5 atom stereocenters. The molecule has 1 heteroatoms. The van der Waals surface area contributed by atoms with E-state index in [1.165, 1.54) is 17.5 Å². The fourth-order valence-electron chi connectivity index (χ4n) is 7.44. The smallest absolute Gasteiger partial charge is 0.0963 e. The Balaban J connectivity index is 1.54. The molecule has 1 nitrogen and oxygen atoms in total. The summed E-state index contributed by atoms with van der Waals surface area (Å²) in [6, 6.07) is 8.72. The lowest BCUT2D eigenvalue weighted by Gasteiger charge is -2.58. The van der Waals surface area contributed by atoms with E-state index in [0.29, 0.717) is 11.8 Å². The van der Waals surface area contributed by atoms with Gasteiger partial charge in [0.15, 0.2) is 0 Å². The minimum atomic E-state index is -0.439. The van der Waals surface area contributed by atoms with Crippen LogP contribution in [0, 0.1) is 54.3 Å². The highest BCUT2D eigenvalue weighted by molar-refractivity contribution is 5.43. The maximum atomic E-state index is 11.4. The second kappa shape index (κ2) is 2.31. The third-order valence-corrected chi connectivity index (χ3v) is 7.60. The van der Waals surface area contributed by atoms with E-state index >= 15 is 0 Å². The summed E-state index contributed by atoms with van der Waals surface area (Å²) in [6.45, 7) is 2.13. The molecule has 1 unspecified atom stereocenters. The molecule has 0 spiro atoms. The number of aryl methyl sites for hydroxylation is 1. The van der Waals surface area contributed by atoms with E-state index in [9.17, 15) is 5.11 Å². The summed E-state index contributed by atoms with van der Waals surface area (Å²) in [5.41, 5.74) is 2.08. The average Bonchev–Trinajstić information content (AvgIpc) is 2.86. The van der Waals surface area contributed by atoms with Crippen molar-refractivity contribution in [2.45, 2.75) is 18.9 Å². The van der Waals surface area contributed by atoms with Crippen LogP contribution < -0.4 is 0 Å². The van der Waals surface area contributed by atoms with Crippen LogP contribution in [0.1, 0.15) is 17.5 Å². The van der Waals surface area contributed by atoms with Gasteiger partial charge < -0.3 is 5.11 Å². The predicted octanol–water partition coefficient (Wildman–Crippen LogP) is 2.57. The second-order valence-electron chi connectivity index (χ2n) is 7.62. The molecule has 18 heavy (non-hydrogen) atoms. The molecule has 0 radical (unpaired) electrons. The molecular weight excluding hydrogens is 220 g/mol. The van der Waals surface area contributed by atoms with Crippen LogP contribution in [0.5, 0.6) is 0 Å². The van der Waals surface area contributed by atoms with Crippen LogP contribution in [0.3, 0.4) is 0 Å². The lowest BCUT2D eigenvalue weighted by Crippen LogP contribution is -2.56. The standard InChI is InChI=1S/C17H18O/c1-7-2-4-8(5-3-7)17(18)15-11-9-6-10-13(11)16(17)14(10)12(9)15/h2-5,9-16,18H,6H2,1H3/t9?,10?,11-,12-,13+,14+,15?,16?,17?. The van der Waals surface area contributed by atoms with Gasteiger partial charge in [-0.25, -0.2) is 0 Å². The van der Waals surface area contributed by atoms with Crippen LogP contribution in [0.2, 0.25) is 0 Å². The van der Waals surface area contributed by atoms with E-state index in [4.69, 9.17) is 0 Å². The SMILES string of the molecule is Cc1ccc(C2(O)C3[C@H]4C5CC6[C@H]4C2[C@H]6[C@H]53)cc1. The van der Waals surface area contributed by atoms with E-state index in [2.05, 4.69) is 31.2 Å². The first-order valence-electron chi connectivity index (χ1n) is 7.52. The van der Waals surface area contributed by atoms with Crippen molar-refractivity contribution in [3.05, 3.63) is 35.4 Å². The van der Waals surface area contributed by atoms with Crippen molar-refractivity contribution in [1.29, 1.82) is 0 Å². The highest BCUT2D eigenvalue weighted by Crippen LogP contribution is 2.92. The molecule has 6 saturated carbocycles. The zero-order valence-electron chi connectivity index (χ0n) is 10.6. The number of hydrogen-bond donors (Lipinski definition) is 1. The fraction of sp³-hybridized carbons (Fsp3) is 0.647. The molecule has 1 N–H and O–H groups in total. The van der Waals surface area contributed by atoms with Gasteiger partial charge in [0.25, 0.3) is 0 Å². The molecule has 1 aromatic rings. The highest BCUT2D eigenvalue weighted by Gasteiger charge is 2.90. The van der Waals surface area contributed by atoms with Crippen molar-refractivity contribution in [1.82, 2.24) is 0 Å². The Hall–Kier alpha value is -0.820. The van der Waals surface area contributed by atoms with Gasteiger partial charge in [-0.2, -0.15) is 0 Å². The van der Waals surface area contributed by atoms with Crippen LogP contribution in [0.25, 0.3) is 0 Å². The quantitative estimate of drug-likeness (QED) is 0.797. The first-order valence-corrected chi connectivity index (χ1v) is 7.52. The minimum absolute atomic E-state index is 0.439. The predicted molar refractivity (Wildman–Crippen MR) is 67.6 cm³/mol. The van der Waals surface area contributed by atoms with Crippen molar-refractivity contribution in [2.75, 3.05) is 0 Å². The summed E-state index contributed by atoms with van der Waals surface area (Å²) in [5, 5.41) is 11.4. The van der Waals surface area contributed by atoms with Crippen LogP contribution in [0.4, 0.5) is 0 Å². The molecule has 6 aliphatic carbocycles. The number of aliphatic hydroxyl groups is 1. The number of hydrogen-bond acceptors (Lipinski definition) is 1. The first kappa shape index (κ1) is 9.14. The first-order chi connectivity index (χ1) is 8.73. The molecule has 4 bridgehead atoms. The van der Waals surface area contributed by atoms with Gasteiger partial charge in [0.1, 0.15) is 0 Å². The Morgan fingerprint density at radius 1 is 0.944 bits per heavy atom. The monoisotopic (exact) mass is 238 g/mol. The topological polar surface area (TPSA) is 20.2 Å². The van der Waals surface area contributed by atoms with E-state index in [1.807, 2.05) is 0 Å². The van der Waals surface area contributed by atoms with Gasteiger partial charge in [-0.15, -0.1) is 0 Å². The Bertz CT molecular complexity index is 528. The van der Waals surface area contributed by atoms with Gasteiger partial charge >= 0.3 is 0 Å². The van der Waals surface area contributed by atoms with E-state index in [1.54, 1.807) is 0 Å². The van der Waals surface area contributed by atoms with E-state index in [0.717, 1.165) is 35.5 Å². The van der Waals surface area contributed by atoms with Gasteiger partial charge in [0, 0.05) is 0 Å². The van der Waals surface area contributed by atoms with E-state index < -0.39 is 5.60 Å². The van der Waals surface area contributed by atoms with Crippen LogP contribution in [0.15, 0.2) is 24.3 Å². The Morgan fingerprint density at radius 3 is 1.94 bits per heavy atom. The van der Waals surface area contributed by atoms with Crippen molar-refractivity contribution in [3.8, 4) is 0 Å². The van der Waals surface area contributed by atoms with E-state index in [-0.39, 0.29) is 0 Å².